The molecule has 4 N–H and O–H groups in total. The first-order valence-corrected chi connectivity index (χ1v) is 6.98. The molecular formula is C15H20ClN3O2. The van der Waals surface area contributed by atoms with Gasteiger partial charge in [0.15, 0.2) is 0 Å². The normalized spacial score (nSPS) is 22.0. The van der Waals surface area contributed by atoms with Gasteiger partial charge in [0.2, 0.25) is 11.8 Å². The molecule has 21 heavy (non-hydrogen) atoms. The van der Waals surface area contributed by atoms with E-state index in [0.717, 1.165) is 30.5 Å². The Morgan fingerprint density at radius 2 is 1.95 bits per heavy atom. The lowest BCUT2D eigenvalue weighted by Gasteiger charge is -2.38. The number of nitrogens with two attached hydrogens (primary N) is 2. The molecule has 1 atom stereocenters. The highest BCUT2D eigenvalue weighted by atomic mass is 35.5. The van der Waals surface area contributed by atoms with Crippen LogP contribution in [0.15, 0.2) is 24.3 Å². The minimum Gasteiger partial charge on any atom is -0.369 e. The van der Waals surface area contributed by atoms with Crippen molar-refractivity contribution in [2.45, 2.75) is 37.1 Å². The van der Waals surface area contributed by atoms with Crippen LogP contribution in [0.1, 0.15) is 37.2 Å². The zero-order chi connectivity index (χ0) is 14.3. The van der Waals surface area contributed by atoms with E-state index in [0.29, 0.717) is 13.0 Å². The number of carbonyl (C=O) groups excluding carboxylic acids is 2. The summed E-state index contributed by atoms with van der Waals surface area (Å²) in [7, 11) is 0. The summed E-state index contributed by atoms with van der Waals surface area (Å²) in [5.74, 6) is -0.812. The fraction of sp³-hybridized carbons (Fsp3) is 0.467. The molecule has 1 aromatic carbocycles. The third-order valence-corrected chi connectivity index (χ3v) is 4.47. The summed E-state index contributed by atoms with van der Waals surface area (Å²) >= 11 is 0. The summed E-state index contributed by atoms with van der Waals surface area (Å²) in [6.07, 6.45) is 3.22. The zero-order valence-electron chi connectivity index (χ0n) is 11.7. The van der Waals surface area contributed by atoms with Crippen molar-refractivity contribution >= 4 is 29.9 Å². The monoisotopic (exact) mass is 309 g/mol. The molecule has 2 amide bonds. The lowest BCUT2D eigenvalue weighted by Crippen LogP contribution is -2.50. The standard InChI is InChI=1S/C15H19N3O2.ClH/c16-14(20)11-9-18(12-5-2-1-4-10(11)12)13(19)8-15(17)6-3-7-15;/h1-2,4-5,11H,3,6-9,17H2,(H2,16,20);1H. The van der Waals surface area contributed by atoms with Crippen LogP contribution in [0.25, 0.3) is 0 Å². The molecule has 1 fully saturated rings. The Morgan fingerprint density at radius 1 is 1.29 bits per heavy atom. The zero-order valence-corrected chi connectivity index (χ0v) is 12.6. The van der Waals surface area contributed by atoms with Crippen LogP contribution in [0.3, 0.4) is 0 Å². The summed E-state index contributed by atoms with van der Waals surface area (Å²) in [6.45, 7) is 0.337. The number of nitrogens with zero attached hydrogens (tertiary/aromatic N) is 1. The minimum absolute atomic E-state index is 0. The van der Waals surface area contributed by atoms with Gasteiger partial charge in [-0.1, -0.05) is 18.2 Å². The molecule has 1 aliphatic carbocycles. The van der Waals surface area contributed by atoms with E-state index in [2.05, 4.69) is 0 Å². The van der Waals surface area contributed by atoms with Gasteiger partial charge >= 0.3 is 0 Å². The molecule has 1 aliphatic heterocycles. The van der Waals surface area contributed by atoms with Gasteiger partial charge in [0.25, 0.3) is 0 Å². The van der Waals surface area contributed by atoms with Crippen molar-refractivity contribution in [3.05, 3.63) is 29.8 Å². The molecule has 2 aliphatic rings. The van der Waals surface area contributed by atoms with Crippen LogP contribution in [0, 0.1) is 0 Å². The quantitative estimate of drug-likeness (QED) is 0.881. The second kappa shape index (κ2) is 5.66. The molecule has 0 aromatic heterocycles. The van der Waals surface area contributed by atoms with E-state index in [9.17, 15) is 9.59 Å². The number of anilines is 1. The maximum absolute atomic E-state index is 12.5. The SMILES string of the molecule is Cl.NC(=O)C1CN(C(=O)CC2(N)CCC2)c2ccccc21. The number of hydrogen-bond donors (Lipinski definition) is 2. The molecule has 1 heterocycles. The number of halogens is 1. The molecule has 3 rings (SSSR count). The van der Waals surface area contributed by atoms with E-state index in [1.54, 1.807) is 4.90 Å². The molecule has 1 aromatic rings. The first-order valence-electron chi connectivity index (χ1n) is 6.98. The summed E-state index contributed by atoms with van der Waals surface area (Å²) < 4.78 is 0. The van der Waals surface area contributed by atoms with E-state index >= 15 is 0 Å². The Bertz CT molecular complexity index is 572. The average Bonchev–Trinajstić information content (AvgIpc) is 2.76. The van der Waals surface area contributed by atoms with Gasteiger partial charge in [-0.05, 0) is 30.9 Å². The number of carbonyl (C=O) groups is 2. The molecule has 1 saturated carbocycles. The average molecular weight is 310 g/mol. The van der Waals surface area contributed by atoms with E-state index in [1.807, 2.05) is 24.3 Å². The highest BCUT2D eigenvalue weighted by molar-refractivity contribution is 6.00. The van der Waals surface area contributed by atoms with E-state index in [-0.39, 0.29) is 29.8 Å². The first-order chi connectivity index (χ1) is 9.50. The predicted molar refractivity (Wildman–Crippen MR) is 83.4 cm³/mol. The summed E-state index contributed by atoms with van der Waals surface area (Å²) in [6, 6.07) is 7.45. The number of benzene rings is 1. The number of rotatable bonds is 3. The number of fused-ring (bicyclic) bond motifs is 1. The van der Waals surface area contributed by atoms with Crippen LogP contribution < -0.4 is 16.4 Å². The van der Waals surface area contributed by atoms with E-state index in [1.165, 1.54) is 0 Å². The predicted octanol–water partition coefficient (Wildman–Crippen LogP) is 1.30. The van der Waals surface area contributed by atoms with Gasteiger partial charge in [0, 0.05) is 24.2 Å². The number of amides is 2. The number of para-hydroxylation sites is 1. The largest absolute Gasteiger partial charge is 0.369 e. The van der Waals surface area contributed by atoms with Gasteiger partial charge < -0.3 is 16.4 Å². The van der Waals surface area contributed by atoms with Gasteiger partial charge in [0.05, 0.1) is 5.92 Å². The molecule has 5 nitrogen and oxygen atoms in total. The van der Waals surface area contributed by atoms with Crippen molar-refractivity contribution in [3.63, 3.8) is 0 Å². The molecular weight excluding hydrogens is 290 g/mol. The maximum atomic E-state index is 12.5. The van der Waals surface area contributed by atoms with Crippen molar-refractivity contribution in [3.8, 4) is 0 Å². The van der Waals surface area contributed by atoms with E-state index < -0.39 is 5.92 Å². The third kappa shape index (κ3) is 2.76. The molecule has 0 bridgehead atoms. The minimum atomic E-state index is -0.412. The Kier molecular flexibility index (Phi) is 4.25. The first kappa shape index (κ1) is 15.8. The van der Waals surface area contributed by atoms with Gasteiger partial charge in [-0.2, -0.15) is 0 Å². The fourth-order valence-electron chi connectivity index (χ4n) is 3.09. The number of hydrogen-bond acceptors (Lipinski definition) is 3. The highest BCUT2D eigenvalue weighted by Gasteiger charge is 2.40. The Balaban J connectivity index is 0.00000161. The van der Waals surface area contributed by atoms with Crippen LogP contribution in [0.5, 0.6) is 0 Å². The van der Waals surface area contributed by atoms with Gasteiger partial charge in [-0.25, -0.2) is 0 Å². The van der Waals surface area contributed by atoms with Crippen LogP contribution in [0.4, 0.5) is 5.69 Å². The van der Waals surface area contributed by atoms with Crippen molar-refractivity contribution in [1.29, 1.82) is 0 Å². The van der Waals surface area contributed by atoms with Crippen LogP contribution in [-0.4, -0.2) is 23.9 Å². The summed E-state index contributed by atoms with van der Waals surface area (Å²) in [5, 5.41) is 0. The lowest BCUT2D eigenvalue weighted by molar-refractivity contribution is -0.120. The van der Waals surface area contributed by atoms with Crippen LogP contribution in [0.2, 0.25) is 0 Å². The molecule has 1 unspecified atom stereocenters. The van der Waals surface area contributed by atoms with Gasteiger partial charge in [-0.15, -0.1) is 12.4 Å². The smallest absolute Gasteiger partial charge is 0.228 e. The van der Waals surface area contributed by atoms with Crippen molar-refractivity contribution in [2.24, 2.45) is 11.5 Å². The maximum Gasteiger partial charge on any atom is 0.228 e. The second-order valence-corrected chi connectivity index (χ2v) is 5.91. The highest BCUT2D eigenvalue weighted by Crippen LogP contribution is 2.38. The molecule has 0 radical (unpaired) electrons. The fourth-order valence-corrected chi connectivity index (χ4v) is 3.09. The van der Waals surface area contributed by atoms with Gasteiger partial charge in [-0.3, -0.25) is 9.59 Å². The van der Waals surface area contributed by atoms with Crippen LogP contribution >= 0.6 is 12.4 Å². The second-order valence-electron chi connectivity index (χ2n) is 5.91. The van der Waals surface area contributed by atoms with Crippen molar-refractivity contribution in [2.75, 3.05) is 11.4 Å². The topological polar surface area (TPSA) is 89.4 Å². The molecule has 0 saturated heterocycles. The Morgan fingerprint density at radius 3 is 2.52 bits per heavy atom. The third-order valence-electron chi connectivity index (χ3n) is 4.47. The molecule has 6 heteroatoms. The van der Waals surface area contributed by atoms with Crippen molar-refractivity contribution in [1.82, 2.24) is 0 Å². The number of primary amides is 1. The van der Waals surface area contributed by atoms with E-state index in [4.69, 9.17) is 11.5 Å². The van der Waals surface area contributed by atoms with Gasteiger partial charge in [0.1, 0.15) is 0 Å². The summed E-state index contributed by atoms with van der Waals surface area (Å²) in [5.41, 5.74) is 12.9. The Labute approximate surface area is 130 Å². The molecule has 114 valence electrons. The molecule has 0 spiro atoms. The van der Waals surface area contributed by atoms with Crippen LogP contribution in [-0.2, 0) is 9.59 Å². The van der Waals surface area contributed by atoms with Crippen molar-refractivity contribution < 1.29 is 9.59 Å². The Hall–Kier alpha value is -1.59. The summed E-state index contributed by atoms with van der Waals surface area (Å²) in [4.78, 5) is 25.7. The lowest BCUT2D eigenvalue weighted by atomic mass is 9.75.